The highest BCUT2D eigenvalue weighted by molar-refractivity contribution is 7.98. The predicted octanol–water partition coefficient (Wildman–Crippen LogP) is 4.58. The van der Waals surface area contributed by atoms with Gasteiger partial charge in [-0.1, -0.05) is 29.8 Å². The molecule has 0 aliphatic heterocycles. The van der Waals surface area contributed by atoms with Crippen LogP contribution in [0.3, 0.4) is 0 Å². The van der Waals surface area contributed by atoms with Crippen LogP contribution in [0.5, 0.6) is 0 Å². The van der Waals surface area contributed by atoms with Gasteiger partial charge < -0.3 is 0 Å². The quantitative estimate of drug-likeness (QED) is 0.602. The molecule has 0 spiro atoms. The van der Waals surface area contributed by atoms with E-state index in [0.29, 0.717) is 22.6 Å². The number of thioether (sulfide) groups is 1. The van der Waals surface area contributed by atoms with E-state index in [1.54, 1.807) is 6.07 Å². The summed E-state index contributed by atoms with van der Waals surface area (Å²) in [5.74, 6) is 0.239. The van der Waals surface area contributed by atoms with Gasteiger partial charge in [0.1, 0.15) is 12.1 Å². The Balaban J connectivity index is 2.13. The third-order valence-electron chi connectivity index (χ3n) is 2.38. The summed E-state index contributed by atoms with van der Waals surface area (Å²) in [6, 6.07) is 11.8. The lowest BCUT2D eigenvalue weighted by Gasteiger charge is -2.05. The minimum absolute atomic E-state index is 0.344. The molecule has 0 aromatic heterocycles. The molecule has 0 bridgehead atoms. The first-order valence-corrected chi connectivity index (χ1v) is 6.67. The van der Waals surface area contributed by atoms with Crippen molar-refractivity contribution in [3.05, 3.63) is 64.4 Å². The van der Waals surface area contributed by atoms with Gasteiger partial charge in [-0.25, -0.2) is 4.39 Å². The second kappa shape index (κ2) is 6.03. The summed E-state index contributed by atoms with van der Waals surface area (Å²) < 4.78 is 13.2. The van der Waals surface area contributed by atoms with E-state index in [2.05, 4.69) is 0 Å². The molecule has 0 aliphatic rings. The second-order valence-corrected chi connectivity index (χ2v) is 5.17. The Morgan fingerprint density at radius 1 is 1.22 bits per heavy atom. The first kappa shape index (κ1) is 13.1. The standard InChI is InChI=1S/C14H10ClFOS/c15-14-4-2-1-3-11(14)9-18-13-6-10(8-17)5-12(16)7-13/h1-8H,9H2. The lowest BCUT2D eigenvalue weighted by Crippen LogP contribution is -1.86. The molecule has 0 unspecified atom stereocenters. The van der Waals surface area contributed by atoms with Gasteiger partial charge in [0, 0.05) is 21.2 Å². The normalized spacial score (nSPS) is 10.3. The lowest BCUT2D eigenvalue weighted by molar-refractivity contribution is 0.112. The van der Waals surface area contributed by atoms with Gasteiger partial charge in [0.25, 0.3) is 0 Å². The average molecular weight is 281 g/mol. The van der Waals surface area contributed by atoms with E-state index in [0.717, 1.165) is 10.5 Å². The molecule has 0 fully saturated rings. The van der Waals surface area contributed by atoms with Crippen molar-refractivity contribution in [1.82, 2.24) is 0 Å². The average Bonchev–Trinajstić information content (AvgIpc) is 2.37. The zero-order chi connectivity index (χ0) is 13.0. The summed E-state index contributed by atoms with van der Waals surface area (Å²) in [5.41, 5.74) is 1.33. The minimum atomic E-state index is -0.402. The van der Waals surface area contributed by atoms with Crippen LogP contribution in [0.15, 0.2) is 47.4 Å². The van der Waals surface area contributed by atoms with Gasteiger partial charge in [-0.05, 0) is 29.8 Å². The van der Waals surface area contributed by atoms with Crippen molar-refractivity contribution in [2.24, 2.45) is 0 Å². The summed E-state index contributed by atoms with van der Waals surface area (Å²) in [6.45, 7) is 0. The Kier molecular flexibility index (Phi) is 4.39. The van der Waals surface area contributed by atoms with Crippen LogP contribution in [0.25, 0.3) is 0 Å². The Bertz CT molecular complexity index is 571. The van der Waals surface area contributed by atoms with Crippen LogP contribution in [0.2, 0.25) is 5.02 Å². The Morgan fingerprint density at radius 3 is 2.72 bits per heavy atom. The van der Waals surface area contributed by atoms with Crippen LogP contribution >= 0.6 is 23.4 Å². The van der Waals surface area contributed by atoms with Gasteiger partial charge in [0.05, 0.1) is 0 Å². The van der Waals surface area contributed by atoms with Crippen LogP contribution in [0.1, 0.15) is 15.9 Å². The van der Waals surface area contributed by atoms with Crippen LogP contribution in [-0.4, -0.2) is 6.29 Å². The molecule has 2 aromatic carbocycles. The van der Waals surface area contributed by atoms with Crippen LogP contribution in [-0.2, 0) is 5.75 Å². The third kappa shape index (κ3) is 3.34. The number of hydrogen-bond acceptors (Lipinski definition) is 2. The number of hydrogen-bond donors (Lipinski definition) is 0. The Labute approximate surface area is 114 Å². The summed E-state index contributed by atoms with van der Waals surface area (Å²) >= 11 is 7.48. The molecule has 0 saturated carbocycles. The molecule has 0 amide bonds. The molecule has 2 aromatic rings. The molecule has 0 saturated heterocycles. The second-order valence-electron chi connectivity index (χ2n) is 3.72. The predicted molar refractivity (Wildman–Crippen MR) is 72.8 cm³/mol. The van der Waals surface area contributed by atoms with Gasteiger partial charge in [-0.2, -0.15) is 0 Å². The van der Waals surface area contributed by atoms with E-state index in [4.69, 9.17) is 11.6 Å². The van der Waals surface area contributed by atoms with Crippen molar-refractivity contribution in [3.63, 3.8) is 0 Å². The first-order chi connectivity index (χ1) is 8.69. The molecule has 0 heterocycles. The maximum Gasteiger partial charge on any atom is 0.150 e. The SMILES string of the molecule is O=Cc1cc(F)cc(SCc2ccccc2Cl)c1. The zero-order valence-corrected chi connectivity index (χ0v) is 11.0. The van der Waals surface area contributed by atoms with E-state index < -0.39 is 5.82 Å². The highest BCUT2D eigenvalue weighted by Crippen LogP contribution is 2.27. The summed E-state index contributed by atoms with van der Waals surface area (Å²) in [4.78, 5) is 11.4. The fourth-order valence-electron chi connectivity index (χ4n) is 1.51. The molecular formula is C14H10ClFOS. The van der Waals surface area contributed by atoms with Crippen molar-refractivity contribution in [2.75, 3.05) is 0 Å². The van der Waals surface area contributed by atoms with E-state index in [1.807, 2.05) is 24.3 Å². The molecule has 0 atom stereocenters. The molecule has 0 aliphatic carbocycles. The maximum absolute atomic E-state index is 13.2. The van der Waals surface area contributed by atoms with E-state index >= 15 is 0 Å². The molecular weight excluding hydrogens is 271 g/mol. The summed E-state index contributed by atoms with van der Waals surface area (Å²) in [6.07, 6.45) is 0.642. The van der Waals surface area contributed by atoms with Gasteiger partial charge in [0.2, 0.25) is 0 Å². The number of benzene rings is 2. The number of halogens is 2. The monoisotopic (exact) mass is 280 g/mol. The molecule has 92 valence electrons. The van der Waals surface area contributed by atoms with Crippen molar-refractivity contribution in [1.29, 1.82) is 0 Å². The Morgan fingerprint density at radius 2 is 2.00 bits per heavy atom. The van der Waals surface area contributed by atoms with E-state index in [-0.39, 0.29) is 0 Å². The largest absolute Gasteiger partial charge is 0.298 e. The highest BCUT2D eigenvalue weighted by Gasteiger charge is 2.03. The summed E-state index contributed by atoms with van der Waals surface area (Å²) in [5, 5.41) is 0.692. The molecule has 1 nitrogen and oxygen atoms in total. The molecule has 4 heteroatoms. The van der Waals surface area contributed by atoms with Crippen LogP contribution in [0, 0.1) is 5.82 Å². The van der Waals surface area contributed by atoms with Crippen LogP contribution < -0.4 is 0 Å². The van der Waals surface area contributed by atoms with Crippen LogP contribution in [0.4, 0.5) is 4.39 Å². The van der Waals surface area contributed by atoms with Gasteiger partial charge >= 0.3 is 0 Å². The topological polar surface area (TPSA) is 17.1 Å². The zero-order valence-electron chi connectivity index (χ0n) is 9.40. The number of carbonyl (C=O) groups is 1. The number of rotatable bonds is 4. The minimum Gasteiger partial charge on any atom is -0.298 e. The van der Waals surface area contributed by atoms with Gasteiger partial charge in [0.15, 0.2) is 0 Å². The first-order valence-electron chi connectivity index (χ1n) is 5.31. The smallest absolute Gasteiger partial charge is 0.150 e. The van der Waals surface area contributed by atoms with Crippen molar-refractivity contribution >= 4 is 29.6 Å². The fraction of sp³-hybridized carbons (Fsp3) is 0.0714. The lowest BCUT2D eigenvalue weighted by atomic mass is 10.2. The fourth-order valence-corrected chi connectivity index (χ4v) is 2.78. The van der Waals surface area contributed by atoms with E-state index in [1.165, 1.54) is 23.9 Å². The third-order valence-corrected chi connectivity index (χ3v) is 3.77. The Hall–Kier alpha value is -1.32. The van der Waals surface area contributed by atoms with Gasteiger partial charge in [-0.3, -0.25) is 4.79 Å². The molecule has 18 heavy (non-hydrogen) atoms. The van der Waals surface area contributed by atoms with Crippen molar-refractivity contribution in [2.45, 2.75) is 10.6 Å². The van der Waals surface area contributed by atoms with Crippen molar-refractivity contribution in [3.8, 4) is 0 Å². The van der Waals surface area contributed by atoms with Gasteiger partial charge in [-0.15, -0.1) is 11.8 Å². The number of aldehydes is 1. The summed E-state index contributed by atoms with van der Waals surface area (Å²) in [7, 11) is 0. The number of carbonyl (C=O) groups excluding carboxylic acids is 1. The highest BCUT2D eigenvalue weighted by atomic mass is 35.5. The molecule has 2 rings (SSSR count). The molecule has 0 N–H and O–H groups in total. The molecule has 0 radical (unpaired) electrons. The van der Waals surface area contributed by atoms with E-state index in [9.17, 15) is 9.18 Å². The maximum atomic E-state index is 13.2. The van der Waals surface area contributed by atoms with Crippen molar-refractivity contribution < 1.29 is 9.18 Å².